The first-order valence-electron chi connectivity index (χ1n) is 7.70. The highest BCUT2D eigenvalue weighted by Gasteiger charge is 2.29. The average molecular weight is 400 g/mol. The van der Waals surface area contributed by atoms with Gasteiger partial charge in [-0.3, -0.25) is 4.98 Å². The van der Waals surface area contributed by atoms with E-state index in [2.05, 4.69) is 19.8 Å². The molecule has 0 aliphatic rings. The molecule has 0 aromatic carbocycles. The third-order valence-electron chi connectivity index (χ3n) is 3.53. The molecule has 148 valence electrons. The van der Waals surface area contributed by atoms with Crippen LogP contribution in [0.2, 0.25) is 0 Å². The second-order valence-electron chi connectivity index (χ2n) is 5.58. The van der Waals surface area contributed by atoms with Crippen LogP contribution in [0.1, 0.15) is 22.0 Å². The molecule has 3 aromatic rings. The standard InChI is InChI=1S/C16H12F4N4O4/c1-8-11(2-3-13-22-14(15(25)26)23-24(8)13)27-6-10-12(4-9(17)5-21-10)28-7-16(18,19)20/h2-5H,6-7H2,1H3,(H,25,26). The summed E-state index contributed by atoms with van der Waals surface area (Å²) in [6.45, 7) is -0.338. The summed E-state index contributed by atoms with van der Waals surface area (Å²) in [6.07, 6.45) is -3.77. The molecule has 1 N–H and O–H groups in total. The molecule has 8 nitrogen and oxygen atoms in total. The minimum Gasteiger partial charge on any atom is -0.485 e. The van der Waals surface area contributed by atoms with Gasteiger partial charge in [0.15, 0.2) is 12.3 Å². The van der Waals surface area contributed by atoms with Gasteiger partial charge >= 0.3 is 12.1 Å². The smallest absolute Gasteiger partial charge is 0.422 e. The van der Waals surface area contributed by atoms with Gasteiger partial charge in [0.05, 0.1) is 11.9 Å². The highest BCUT2D eigenvalue weighted by Crippen LogP contribution is 2.25. The van der Waals surface area contributed by atoms with Crippen molar-refractivity contribution < 1.29 is 36.9 Å². The van der Waals surface area contributed by atoms with E-state index < -0.39 is 36.1 Å². The second kappa shape index (κ2) is 7.29. The van der Waals surface area contributed by atoms with E-state index in [4.69, 9.17) is 9.84 Å². The Morgan fingerprint density at radius 3 is 2.68 bits per heavy atom. The molecular formula is C16H12F4N4O4. The largest absolute Gasteiger partial charge is 0.485 e. The fourth-order valence-corrected chi connectivity index (χ4v) is 2.29. The summed E-state index contributed by atoms with van der Waals surface area (Å²) in [7, 11) is 0. The summed E-state index contributed by atoms with van der Waals surface area (Å²) in [5.41, 5.74) is 0.628. The highest BCUT2D eigenvalue weighted by atomic mass is 19.4. The molecule has 28 heavy (non-hydrogen) atoms. The number of pyridine rings is 2. The van der Waals surface area contributed by atoms with Crippen LogP contribution in [0.5, 0.6) is 11.5 Å². The number of carbonyl (C=O) groups is 1. The zero-order chi connectivity index (χ0) is 20.5. The highest BCUT2D eigenvalue weighted by molar-refractivity contribution is 5.83. The number of carboxylic acids is 1. The van der Waals surface area contributed by atoms with Crippen molar-refractivity contribution in [3.05, 3.63) is 47.4 Å². The molecule has 0 unspecified atom stereocenters. The summed E-state index contributed by atoms with van der Waals surface area (Å²) in [4.78, 5) is 18.5. The third-order valence-corrected chi connectivity index (χ3v) is 3.53. The molecule has 3 heterocycles. The van der Waals surface area contributed by atoms with Crippen LogP contribution >= 0.6 is 0 Å². The molecule has 0 saturated carbocycles. The molecule has 0 fully saturated rings. The van der Waals surface area contributed by atoms with Crippen molar-refractivity contribution in [3.8, 4) is 11.5 Å². The minimum absolute atomic E-state index is 0.0463. The maximum absolute atomic E-state index is 13.3. The number of nitrogens with zero attached hydrogens (tertiary/aromatic N) is 4. The van der Waals surface area contributed by atoms with Gasteiger partial charge in [-0.05, 0) is 19.1 Å². The van der Waals surface area contributed by atoms with E-state index in [1.165, 1.54) is 16.6 Å². The van der Waals surface area contributed by atoms with Gasteiger partial charge in [0.1, 0.15) is 29.6 Å². The minimum atomic E-state index is -4.60. The molecule has 0 saturated heterocycles. The van der Waals surface area contributed by atoms with Crippen molar-refractivity contribution in [2.24, 2.45) is 0 Å². The third kappa shape index (κ3) is 4.27. The molecule has 0 aliphatic carbocycles. The van der Waals surface area contributed by atoms with Crippen LogP contribution in [0.15, 0.2) is 24.4 Å². The molecular weight excluding hydrogens is 388 g/mol. The van der Waals surface area contributed by atoms with Crippen molar-refractivity contribution in [2.45, 2.75) is 19.7 Å². The molecule has 0 radical (unpaired) electrons. The second-order valence-corrected chi connectivity index (χ2v) is 5.58. The first-order valence-corrected chi connectivity index (χ1v) is 7.70. The lowest BCUT2D eigenvalue weighted by atomic mass is 10.3. The molecule has 0 spiro atoms. The van der Waals surface area contributed by atoms with E-state index in [0.717, 1.165) is 12.3 Å². The van der Waals surface area contributed by atoms with Gasteiger partial charge < -0.3 is 14.6 Å². The van der Waals surface area contributed by atoms with Crippen molar-refractivity contribution in [1.29, 1.82) is 0 Å². The Balaban J connectivity index is 1.82. The first-order chi connectivity index (χ1) is 13.1. The van der Waals surface area contributed by atoms with Crippen LogP contribution in [-0.4, -0.2) is 43.4 Å². The van der Waals surface area contributed by atoms with E-state index in [1.54, 1.807) is 6.92 Å². The Labute approximate surface area is 154 Å². The van der Waals surface area contributed by atoms with Crippen LogP contribution in [0.4, 0.5) is 17.6 Å². The summed E-state index contributed by atoms with van der Waals surface area (Å²) < 4.78 is 61.8. The van der Waals surface area contributed by atoms with Crippen molar-refractivity contribution in [2.75, 3.05) is 6.61 Å². The number of hydrogen-bond donors (Lipinski definition) is 1. The summed E-state index contributed by atoms with van der Waals surface area (Å²) >= 11 is 0. The zero-order valence-corrected chi connectivity index (χ0v) is 14.2. The SMILES string of the molecule is Cc1c(OCc2ncc(F)cc2OCC(F)(F)F)ccc2nc(C(=O)O)nn12. The number of halogens is 4. The predicted octanol–water partition coefficient (Wildman–Crippen LogP) is 2.79. The fourth-order valence-electron chi connectivity index (χ4n) is 2.29. The molecule has 0 bridgehead atoms. The van der Waals surface area contributed by atoms with Crippen LogP contribution in [-0.2, 0) is 6.61 Å². The number of fused-ring (bicyclic) bond motifs is 1. The van der Waals surface area contributed by atoms with E-state index in [1.807, 2.05) is 0 Å². The Morgan fingerprint density at radius 2 is 2.00 bits per heavy atom. The molecule has 3 rings (SSSR count). The quantitative estimate of drug-likeness (QED) is 0.635. The van der Waals surface area contributed by atoms with E-state index in [9.17, 15) is 22.4 Å². The summed E-state index contributed by atoms with van der Waals surface area (Å²) in [5.74, 6) is -2.70. The Kier molecular flexibility index (Phi) is 5.03. The number of ether oxygens (including phenoxy) is 2. The van der Waals surface area contributed by atoms with E-state index in [0.29, 0.717) is 5.69 Å². The van der Waals surface area contributed by atoms with Crippen molar-refractivity contribution in [1.82, 2.24) is 19.6 Å². The van der Waals surface area contributed by atoms with Crippen LogP contribution in [0.3, 0.4) is 0 Å². The maximum atomic E-state index is 13.3. The molecule has 12 heteroatoms. The molecule has 0 atom stereocenters. The van der Waals surface area contributed by atoms with Gasteiger partial charge in [0.25, 0.3) is 5.82 Å². The maximum Gasteiger partial charge on any atom is 0.422 e. The Bertz CT molecular complexity index is 1040. The number of alkyl halides is 3. The van der Waals surface area contributed by atoms with E-state index in [-0.39, 0.29) is 23.7 Å². The molecule has 0 aliphatic heterocycles. The molecule has 0 amide bonds. The lowest BCUT2D eigenvalue weighted by Gasteiger charge is -2.14. The number of carboxylic acid groups (broad SMARTS) is 1. The number of aryl methyl sites for hydroxylation is 1. The van der Waals surface area contributed by atoms with Gasteiger partial charge in [0, 0.05) is 6.07 Å². The topological polar surface area (TPSA) is 98.8 Å². The van der Waals surface area contributed by atoms with Gasteiger partial charge in [-0.15, -0.1) is 5.10 Å². The van der Waals surface area contributed by atoms with Gasteiger partial charge in [-0.1, -0.05) is 0 Å². The van der Waals surface area contributed by atoms with Crippen LogP contribution < -0.4 is 9.47 Å². The number of aromatic carboxylic acids is 1. The monoisotopic (exact) mass is 400 g/mol. The number of aromatic nitrogens is 4. The van der Waals surface area contributed by atoms with Crippen LogP contribution in [0.25, 0.3) is 5.65 Å². The van der Waals surface area contributed by atoms with Crippen molar-refractivity contribution >= 4 is 11.6 Å². The van der Waals surface area contributed by atoms with E-state index >= 15 is 0 Å². The Morgan fingerprint density at radius 1 is 1.25 bits per heavy atom. The van der Waals surface area contributed by atoms with Gasteiger partial charge in [0.2, 0.25) is 0 Å². The van der Waals surface area contributed by atoms with Crippen LogP contribution in [0, 0.1) is 12.7 Å². The zero-order valence-electron chi connectivity index (χ0n) is 14.2. The lowest BCUT2D eigenvalue weighted by molar-refractivity contribution is -0.153. The van der Waals surface area contributed by atoms with Crippen molar-refractivity contribution in [3.63, 3.8) is 0 Å². The number of rotatable bonds is 6. The number of hydrogen-bond acceptors (Lipinski definition) is 6. The predicted molar refractivity (Wildman–Crippen MR) is 84.8 cm³/mol. The lowest BCUT2D eigenvalue weighted by Crippen LogP contribution is -2.20. The average Bonchev–Trinajstić information content (AvgIpc) is 3.05. The summed E-state index contributed by atoms with van der Waals surface area (Å²) in [6, 6.07) is 3.73. The normalized spacial score (nSPS) is 11.6. The Hall–Kier alpha value is -3.44. The van der Waals surface area contributed by atoms with Gasteiger partial charge in [-0.2, -0.15) is 13.2 Å². The molecule has 3 aromatic heterocycles. The summed E-state index contributed by atoms with van der Waals surface area (Å²) in [5, 5.41) is 12.8. The fraction of sp³-hybridized carbons (Fsp3) is 0.250. The van der Waals surface area contributed by atoms with Gasteiger partial charge in [-0.25, -0.2) is 18.7 Å². The first kappa shape index (κ1) is 19.3.